The lowest BCUT2D eigenvalue weighted by molar-refractivity contribution is 0.276. The summed E-state index contributed by atoms with van der Waals surface area (Å²) in [5, 5.41) is 8.76. The summed E-state index contributed by atoms with van der Waals surface area (Å²) in [7, 11) is 6.02. The first-order valence-corrected chi connectivity index (χ1v) is 5.54. The summed E-state index contributed by atoms with van der Waals surface area (Å²) >= 11 is 0. The van der Waals surface area contributed by atoms with Crippen LogP contribution in [0.5, 0.6) is 0 Å². The average Bonchev–Trinajstić information content (AvgIpc) is 2.25. The van der Waals surface area contributed by atoms with Crippen LogP contribution in [0, 0.1) is 17.1 Å². The van der Waals surface area contributed by atoms with E-state index in [0.717, 1.165) is 18.7 Å². The summed E-state index contributed by atoms with van der Waals surface area (Å²) in [6, 6.07) is 6.43. The highest BCUT2D eigenvalue weighted by Gasteiger charge is 2.04. The monoisotopic (exact) mass is 235 g/mol. The Balaban J connectivity index is 2.62. The van der Waals surface area contributed by atoms with E-state index >= 15 is 0 Å². The van der Waals surface area contributed by atoms with Gasteiger partial charge < -0.3 is 9.80 Å². The van der Waals surface area contributed by atoms with Gasteiger partial charge in [-0.15, -0.1) is 0 Å². The van der Waals surface area contributed by atoms with Gasteiger partial charge in [-0.3, -0.25) is 0 Å². The molecule has 0 aromatic heterocycles. The molecule has 0 aliphatic carbocycles. The minimum Gasteiger partial charge on any atom is -0.308 e. The first kappa shape index (κ1) is 13.6. The SMILES string of the molecule is CN(C)CCN(C)Cc1cc(F)cc(C#N)c1. The number of benzene rings is 1. The maximum Gasteiger partial charge on any atom is 0.124 e. The van der Waals surface area contributed by atoms with Crippen molar-refractivity contribution in [1.82, 2.24) is 9.80 Å². The number of halogens is 1. The molecule has 0 aliphatic heterocycles. The summed E-state index contributed by atoms with van der Waals surface area (Å²) in [6.45, 7) is 2.52. The van der Waals surface area contributed by atoms with Gasteiger partial charge >= 0.3 is 0 Å². The van der Waals surface area contributed by atoms with Crippen molar-refractivity contribution in [2.45, 2.75) is 6.54 Å². The Hall–Kier alpha value is -1.44. The molecule has 3 nitrogen and oxygen atoms in total. The molecule has 1 rings (SSSR count). The van der Waals surface area contributed by atoms with Crippen molar-refractivity contribution in [3.05, 3.63) is 35.1 Å². The van der Waals surface area contributed by atoms with E-state index in [1.165, 1.54) is 12.1 Å². The molecule has 0 atom stereocenters. The van der Waals surface area contributed by atoms with Gasteiger partial charge in [-0.25, -0.2) is 4.39 Å². The van der Waals surface area contributed by atoms with Crippen LogP contribution in [0.15, 0.2) is 18.2 Å². The van der Waals surface area contributed by atoms with E-state index in [1.54, 1.807) is 6.07 Å². The Morgan fingerprint density at radius 2 is 1.88 bits per heavy atom. The summed E-state index contributed by atoms with van der Waals surface area (Å²) in [4.78, 5) is 4.21. The molecule has 0 bridgehead atoms. The van der Waals surface area contributed by atoms with Crippen LogP contribution in [-0.4, -0.2) is 44.0 Å². The van der Waals surface area contributed by atoms with Crippen molar-refractivity contribution in [3.8, 4) is 6.07 Å². The van der Waals surface area contributed by atoms with E-state index in [0.29, 0.717) is 12.1 Å². The Kier molecular flexibility index (Phi) is 5.08. The topological polar surface area (TPSA) is 30.3 Å². The van der Waals surface area contributed by atoms with Gasteiger partial charge in [0.1, 0.15) is 5.82 Å². The van der Waals surface area contributed by atoms with Crippen molar-refractivity contribution >= 4 is 0 Å². The zero-order chi connectivity index (χ0) is 12.8. The van der Waals surface area contributed by atoms with Gasteiger partial charge in [-0.1, -0.05) is 0 Å². The molecule has 17 heavy (non-hydrogen) atoms. The van der Waals surface area contributed by atoms with E-state index in [-0.39, 0.29) is 5.82 Å². The maximum atomic E-state index is 13.2. The molecule has 0 unspecified atom stereocenters. The van der Waals surface area contributed by atoms with Crippen LogP contribution in [0.1, 0.15) is 11.1 Å². The third kappa shape index (κ3) is 4.94. The molecule has 0 heterocycles. The van der Waals surface area contributed by atoms with E-state index in [1.807, 2.05) is 27.2 Å². The highest BCUT2D eigenvalue weighted by atomic mass is 19.1. The lowest BCUT2D eigenvalue weighted by Crippen LogP contribution is -2.28. The van der Waals surface area contributed by atoms with Crippen LogP contribution in [0.3, 0.4) is 0 Å². The molecule has 0 spiro atoms. The highest BCUT2D eigenvalue weighted by molar-refractivity contribution is 5.33. The van der Waals surface area contributed by atoms with E-state index in [2.05, 4.69) is 9.80 Å². The van der Waals surface area contributed by atoms with Crippen LogP contribution in [0.25, 0.3) is 0 Å². The predicted molar refractivity (Wildman–Crippen MR) is 66.0 cm³/mol. The van der Waals surface area contributed by atoms with Gasteiger partial charge in [0.05, 0.1) is 11.6 Å². The van der Waals surface area contributed by atoms with E-state index in [4.69, 9.17) is 5.26 Å². The molecule has 0 radical (unpaired) electrons. The molecule has 0 saturated carbocycles. The van der Waals surface area contributed by atoms with Crippen LogP contribution < -0.4 is 0 Å². The zero-order valence-electron chi connectivity index (χ0n) is 10.6. The minimum atomic E-state index is -0.347. The molecule has 0 aliphatic rings. The molecule has 92 valence electrons. The second kappa shape index (κ2) is 6.33. The fourth-order valence-electron chi connectivity index (χ4n) is 1.57. The van der Waals surface area contributed by atoms with Gasteiger partial charge in [0.2, 0.25) is 0 Å². The number of nitrogens with zero attached hydrogens (tertiary/aromatic N) is 3. The summed E-state index contributed by atoms with van der Waals surface area (Å²) < 4.78 is 13.2. The zero-order valence-corrected chi connectivity index (χ0v) is 10.6. The van der Waals surface area contributed by atoms with Crippen LogP contribution >= 0.6 is 0 Å². The Morgan fingerprint density at radius 3 is 2.47 bits per heavy atom. The van der Waals surface area contributed by atoms with Gasteiger partial charge in [0.15, 0.2) is 0 Å². The molecule has 1 aromatic carbocycles. The molecular weight excluding hydrogens is 217 g/mol. The number of nitriles is 1. The van der Waals surface area contributed by atoms with Gasteiger partial charge in [0.25, 0.3) is 0 Å². The third-order valence-electron chi connectivity index (χ3n) is 2.47. The third-order valence-corrected chi connectivity index (χ3v) is 2.47. The van der Waals surface area contributed by atoms with Crippen LogP contribution in [0.4, 0.5) is 4.39 Å². The molecule has 0 amide bonds. The minimum absolute atomic E-state index is 0.347. The first-order chi connectivity index (χ1) is 8.01. The lowest BCUT2D eigenvalue weighted by Gasteiger charge is -2.19. The summed E-state index contributed by atoms with van der Waals surface area (Å²) in [5.41, 5.74) is 1.21. The fourth-order valence-corrected chi connectivity index (χ4v) is 1.57. The Bertz CT molecular complexity index is 410. The number of likely N-dealkylation sites (N-methyl/N-ethyl adjacent to an activating group) is 2. The summed E-state index contributed by atoms with van der Waals surface area (Å²) in [5.74, 6) is -0.347. The Morgan fingerprint density at radius 1 is 1.18 bits per heavy atom. The van der Waals surface area contributed by atoms with E-state index in [9.17, 15) is 4.39 Å². The standard InChI is InChI=1S/C13H18FN3/c1-16(2)4-5-17(3)10-12-6-11(9-15)7-13(14)8-12/h6-8H,4-5,10H2,1-3H3. The van der Waals surface area contributed by atoms with Crippen molar-refractivity contribution in [3.63, 3.8) is 0 Å². The first-order valence-electron chi connectivity index (χ1n) is 5.54. The quantitative estimate of drug-likeness (QED) is 0.778. The van der Waals surface area contributed by atoms with Crippen molar-refractivity contribution in [2.24, 2.45) is 0 Å². The van der Waals surface area contributed by atoms with Gasteiger partial charge in [-0.2, -0.15) is 5.26 Å². The highest BCUT2D eigenvalue weighted by Crippen LogP contribution is 2.10. The number of hydrogen-bond donors (Lipinski definition) is 0. The largest absolute Gasteiger partial charge is 0.308 e. The average molecular weight is 235 g/mol. The molecule has 0 saturated heterocycles. The van der Waals surface area contributed by atoms with Gasteiger partial charge in [-0.05, 0) is 44.9 Å². The fraction of sp³-hybridized carbons (Fsp3) is 0.462. The van der Waals surface area contributed by atoms with Crippen molar-refractivity contribution in [1.29, 1.82) is 5.26 Å². The Labute approximate surface area is 102 Å². The van der Waals surface area contributed by atoms with E-state index < -0.39 is 0 Å². The molecule has 0 fully saturated rings. The normalized spacial score (nSPS) is 10.9. The van der Waals surface area contributed by atoms with Gasteiger partial charge in [0, 0.05) is 19.6 Å². The lowest BCUT2D eigenvalue weighted by atomic mass is 10.1. The second-order valence-corrected chi connectivity index (χ2v) is 4.50. The second-order valence-electron chi connectivity index (χ2n) is 4.50. The number of hydrogen-bond acceptors (Lipinski definition) is 3. The smallest absolute Gasteiger partial charge is 0.124 e. The molecule has 1 aromatic rings. The molecule has 0 N–H and O–H groups in total. The summed E-state index contributed by atoms with van der Waals surface area (Å²) in [6.07, 6.45) is 0. The predicted octanol–water partition coefficient (Wildman–Crippen LogP) is 1.69. The number of rotatable bonds is 5. The van der Waals surface area contributed by atoms with Crippen molar-refractivity contribution < 1.29 is 4.39 Å². The molecule has 4 heteroatoms. The molecular formula is C13H18FN3. The van der Waals surface area contributed by atoms with Crippen molar-refractivity contribution in [2.75, 3.05) is 34.2 Å². The van der Waals surface area contributed by atoms with Crippen LogP contribution in [-0.2, 0) is 6.54 Å². The maximum absolute atomic E-state index is 13.2. The van der Waals surface area contributed by atoms with Crippen LogP contribution in [0.2, 0.25) is 0 Å².